The lowest BCUT2D eigenvalue weighted by Crippen LogP contribution is -2.48. The maximum atomic E-state index is 14.4. The van der Waals surface area contributed by atoms with Gasteiger partial charge in [-0.3, -0.25) is 14.3 Å². The average Bonchev–Trinajstić information content (AvgIpc) is 3.56. The molecule has 5 aromatic rings. The number of aromatic nitrogens is 5. The van der Waals surface area contributed by atoms with Crippen molar-refractivity contribution in [3.8, 4) is 28.2 Å². The first kappa shape index (κ1) is 26.4. The van der Waals surface area contributed by atoms with Crippen molar-refractivity contribution in [2.24, 2.45) is 7.05 Å². The van der Waals surface area contributed by atoms with Crippen molar-refractivity contribution in [3.05, 3.63) is 83.3 Å². The van der Waals surface area contributed by atoms with Crippen LogP contribution >= 0.6 is 0 Å². The number of hydrogen-bond acceptors (Lipinski definition) is 5. The Hall–Kier alpha value is -4.87. The number of halogens is 3. The molecule has 1 saturated heterocycles. The summed E-state index contributed by atoms with van der Waals surface area (Å²) in [4.78, 5) is 40.1. The smallest absolute Gasteiger partial charge is 0.367 e. The summed E-state index contributed by atoms with van der Waals surface area (Å²) >= 11 is 0. The predicted octanol–water partition coefficient (Wildman–Crippen LogP) is 4.47. The van der Waals surface area contributed by atoms with Crippen LogP contribution < -0.4 is 10.6 Å². The van der Waals surface area contributed by atoms with Gasteiger partial charge < -0.3 is 19.4 Å². The summed E-state index contributed by atoms with van der Waals surface area (Å²) in [6.45, 7) is 2.68. The third kappa shape index (κ3) is 4.85. The van der Waals surface area contributed by atoms with Gasteiger partial charge in [0.25, 0.3) is 0 Å². The fourth-order valence-electron chi connectivity index (χ4n) is 5.26. The number of pyridine rings is 2. The largest absolute Gasteiger partial charge is 0.418 e. The van der Waals surface area contributed by atoms with Gasteiger partial charge in [0.1, 0.15) is 5.65 Å². The van der Waals surface area contributed by atoms with Crippen molar-refractivity contribution in [1.29, 1.82) is 0 Å². The number of H-pyrrole nitrogens is 1. The van der Waals surface area contributed by atoms with E-state index in [1.165, 1.54) is 28.2 Å². The Bertz CT molecular complexity index is 1830. The molecule has 0 saturated carbocycles. The van der Waals surface area contributed by atoms with Gasteiger partial charge in [0.15, 0.2) is 0 Å². The van der Waals surface area contributed by atoms with E-state index >= 15 is 0 Å². The lowest BCUT2D eigenvalue weighted by atomic mass is 10.1. The Morgan fingerprint density at radius 3 is 2.49 bits per heavy atom. The summed E-state index contributed by atoms with van der Waals surface area (Å²) in [6, 6.07) is 11.4. The van der Waals surface area contributed by atoms with E-state index in [1.807, 2.05) is 18.2 Å². The molecule has 0 unspecified atom stereocenters. The molecule has 0 radical (unpaired) electrons. The summed E-state index contributed by atoms with van der Waals surface area (Å²) in [6.07, 6.45) is 2.02. The summed E-state index contributed by atoms with van der Waals surface area (Å²) in [5.74, 6) is -0.106. The fourth-order valence-corrected chi connectivity index (χ4v) is 5.26. The topological polar surface area (TPSA) is 92.1 Å². The summed E-state index contributed by atoms with van der Waals surface area (Å²) < 4.78 is 45.6. The van der Waals surface area contributed by atoms with Gasteiger partial charge in [-0.2, -0.15) is 13.2 Å². The van der Waals surface area contributed by atoms with Crippen molar-refractivity contribution in [1.82, 2.24) is 29.0 Å². The minimum Gasteiger partial charge on any atom is -0.367 e. The number of nitrogens with one attached hydrogen (secondary N) is 1. The van der Waals surface area contributed by atoms with Gasteiger partial charge in [0.2, 0.25) is 5.91 Å². The minimum atomic E-state index is -4.66. The highest BCUT2D eigenvalue weighted by Gasteiger charge is 2.36. The number of aryl methyl sites for hydroxylation is 1. The Labute approximate surface area is 232 Å². The zero-order valence-corrected chi connectivity index (χ0v) is 22.3. The first-order valence-electron chi connectivity index (χ1n) is 13.0. The zero-order chi connectivity index (χ0) is 28.9. The molecular formula is C29H26F3N7O2. The van der Waals surface area contributed by atoms with Crippen LogP contribution in [-0.4, -0.2) is 61.1 Å². The normalized spacial score (nSPS) is 14.2. The Morgan fingerprint density at radius 2 is 1.76 bits per heavy atom. The van der Waals surface area contributed by atoms with E-state index in [4.69, 9.17) is 0 Å². The van der Waals surface area contributed by atoms with Gasteiger partial charge in [0.05, 0.1) is 22.6 Å². The third-order valence-electron chi connectivity index (χ3n) is 7.42. The van der Waals surface area contributed by atoms with E-state index in [0.717, 1.165) is 28.2 Å². The van der Waals surface area contributed by atoms with Crippen LogP contribution in [0.15, 0.2) is 72.0 Å². The molecule has 0 atom stereocenters. The quantitative estimate of drug-likeness (QED) is 0.350. The van der Waals surface area contributed by atoms with Crippen molar-refractivity contribution < 1.29 is 18.0 Å². The fraction of sp³-hybridized carbons (Fsp3) is 0.241. The van der Waals surface area contributed by atoms with Crippen LogP contribution in [0.2, 0.25) is 0 Å². The summed E-state index contributed by atoms with van der Waals surface area (Å²) in [7, 11) is 1.55. The Balaban J connectivity index is 1.41. The molecule has 41 heavy (non-hydrogen) atoms. The van der Waals surface area contributed by atoms with E-state index in [9.17, 15) is 22.8 Å². The number of fused-ring (bicyclic) bond motifs is 1. The van der Waals surface area contributed by atoms with Crippen molar-refractivity contribution >= 4 is 22.6 Å². The van der Waals surface area contributed by atoms with Gasteiger partial charge in [-0.25, -0.2) is 9.78 Å². The second-order valence-corrected chi connectivity index (χ2v) is 10.0. The van der Waals surface area contributed by atoms with Crippen LogP contribution in [0.3, 0.4) is 0 Å². The van der Waals surface area contributed by atoms with E-state index in [0.29, 0.717) is 24.5 Å². The van der Waals surface area contributed by atoms with E-state index in [1.54, 1.807) is 47.7 Å². The molecule has 1 N–H and O–H groups in total. The maximum absolute atomic E-state index is 14.4. The number of anilines is 1. The highest BCUT2D eigenvalue weighted by Crippen LogP contribution is 2.39. The molecule has 12 heteroatoms. The standard InChI is InChI=1S/C29H26F3N7O2/c1-18(40)37-9-11-38(12-10-37)25-4-3-22(15-23(25)29(30,31)32)39-26(17-36(2)28(39)41)24-14-19(5-7-33-24)21-13-20-6-8-34-27(20)35-16-21/h3-8,13-17H,9-12H2,1-2H3,(H,34,35). The molecule has 1 aliphatic rings. The number of benzene rings is 1. The molecule has 1 aliphatic heterocycles. The van der Waals surface area contributed by atoms with Gasteiger partial charge in [0, 0.05) is 81.6 Å². The van der Waals surface area contributed by atoms with Crippen molar-refractivity contribution in [2.75, 3.05) is 31.1 Å². The molecule has 4 aromatic heterocycles. The highest BCUT2D eigenvalue weighted by atomic mass is 19.4. The minimum absolute atomic E-state index is 0.0164. The Kier molecular flexibility index (Phi) is 6.40. The van der Waals surface area contributed by atoms with E-state index in [-0.39, 0.29) is 30.4 Å². The molecule has 1 aromatic carbocycles. The molecule has 0 bridgehead atoms. The number of carbonyl (C=O) groups is 1. The van der Waals surface area contributed by atoms with E-state index in [2.05, 4.69) is 15.0 Å². The number of hydrogen-bond donors (Lipinski definition) is 1. The predicted molar refractivity (Wildman–Crippen MR) is 149 cm³/mol. The monoisotopic (exact) mass is 561 g/mol. The number of imidazole rings is 1. The summed E-state index contributed by atoms with van der Waals surface area (Å²) in [5.41, 5.74) is 1.90. The van der Waals surface area contributed by atoms with E-state index < -0.39 is 17.4 Å². The molecule has 5 heterocycles. The number of alkyl halides is 3. The first-order chi connectivity index (χ1) is 19.6. The lowest BCUT2D eigenvalue weighted by Gasteiger charge is -2.36. The van der Waals surface area contributed by atoms with Crippen LogP contribution in [0, 0.1) is 0 Å². The van der Waals surface area contributed by atoms with Crippen LogP contribution in [0.1, 0.15) is 12.5 Å². The molecular weight excluding hydrogens is 535 g/mol. The zero-order valence-electron chi connectivity index (χ0n) is 22.3. The Morgan fingerprint density at radius 1 is 0.976 bits per heavy atom. The molecule has 210 valence electrons. The highest BCUT2D eigenvalue weighted by molar-refractivity contribution is 5.82. The molecule has 1 amide bonds. The maximum Gasteiger partial charge on any atom is 0.418 e. The number of rotatable bonds is 4. The average molecular weight is 562 g/mol. The summed E-state index contributed by atoms with van der Waals surface area (Å²) in [5, 5.41) is 0.931. The van der Waals surface area contributed by atoms with Gasteiger partial charge in [-0.05, 0) is 48.0 Å². The van der Waals surface area contributed by atoms with Gasteiger partial charge in [-0.1, -0.05) is 0 Å². The number of carbonyl (C=O) groups excluding carboxylic acids is 1. The number of piperazine rings is 1. The molecule has 0 aliphatic carbocycles. The molecule has 9 nitrogen and oxygen atoms in total. The van der Waals surface area contributed by atoms with Crippen LogP contribution in [-0.2, 0) is 18.0 Å². The lowest BCUT2D eigenvalue weighted by molar-refractivity contribution is -0.137. The van der Waals surface area contributed by atoms with Gasteiger partial charge >= 0.3 is 11.9 Å². The second-order valence-electron chi connectivity index (χ2n) is 10.0. The number of aromatic amines is 1. The van der Waals surface area contributed by atoms with Gasteiger partial charge in [-0.15, -0.1) is 0 Å². The number of amides is 1. The van der Waals surface area contributed by atoms with Crippen molar-refractivity contribution in [3.63, 3.8) is 0 Å². The molecule has 6 rings (SSSR count). The second kappa shape index (κ2) is 9.95. The third-order valence-corrected chi connectivity index (χ3v) is 7.42. The van der Waals surface area contributed by atoms with Crippen LogP contribution in [0.25, 0.3) is 39.2 Å². The molecule has 0 spiro atoms. The SMILES string of the molecule is CC(=O)N1CCN(c2ccc(-n3c(-c4cc(-c5cnc6[nH]ccc6c5)ccn4)cn(C)c3=O)cc2C(F)(F)F)CC1. The number of nitrogens with zero attached hydrogens (tertiary/aromatic N) is 6. The van der Waals surface area contributed by atoms with Crippen LogP contribution in [0.4, 0.5) is 18.9 Å². The van der Waals surface area contributed by atoms with Crippen molar-refractivity contribution in [2.45, 2.75) is 13.1 Å². The molecule has 1 fully saturated rings. The van der Waals surface area contributed by atoms with Crippen LogP contribution in [0.5, 0.6) is 0 Å². The first-order valence-corrected chi connectivity index (χ1v) is 13.0.